The third-order valence-electron chi connectivity index (χ3n) is 11.2. The van der Waals surface area contributed by atoms with E-state index >= 15 is 0 Å². The monoisotopic (exact) mass is 699 g/mol. The summed E-state index contributed by atoms with van der Waals surface area (Å²) in [5.74, 6) is 3.30. The molecule has 8 rings (SSSR count). The number of hydrogen-bond acceptors (Lipinski definition) is 7. The van der Waals surface area contributed by atoms with Crippen molar-refractivity contribution in [3.8, 4) is 40.2 Å². The number of halogens is 1. The third kappa shape index (κ3) is 5.91. The van der Waals surface area contributed by atoms with Crippen molar-refractivity contribution in [1.82, 2.24) is 4.90 Å². The van der Waals surface area contributed by atoms with E-state index in [-0.39, 0.29) is 12.1 Å². The largest absolute Gasteiger partial charge is 0.495 e. The van der Waals surface area contributed by atoms with Crippen molar-refractivity contribution in [3.05, 3.63) is 99.1 Å². The van der Waals surface area contributed by atoms with E-state index in [4.69, 9.17) is 35.3 Å². The van der Waals surface area contributed by atoms with Gasteiger partial charge in [-0.1, -0.05) is 29.8 Å². The van der Waals surface area contributed by atoms with Crippen molar-refractivity contribution in [3.63, 3.8) is 0 Å². The molecule has 50 heavy (non-hydrogen) atoms. The molecule has 262 valence electrons. The first-order valence-corrected chi connectivity index (χ1v) is 17.4. The maximum absolute atomic E-state index is 12.6. The molecule has 4 aromatic rings. The van der Waals surface area contributed by atoms with Gasteiger partial charge in [0, 0.05) is 36.6 Å². The van der Waals surface area contributed by atoms with Crippen LogP contribution in [0.25, 0.3) is 0 Å². The Morgan fingerprint density at radius 3 is 2.26 bits per heavy atom. The molecule has 4 aromatic carbocycles. The summed E-state index contributed by atoms with van der Waals surface area (Å²) in [7, 11) is 9.07. The Kier molecular flexibility index (Phi) is 9.09. The molecule has 0 spiro atoms. The van der Waals surface area contributed by atoms with Gasteiger partial charge in [0.05, 0.1) is 34.9 Å². The first-order valence-electron chi connectivity index (χ1n) is 17.0. The van der Waals surface area contributed by atoms with E-state index in [1.807, 2.05) is 42.5 Å². The molecule has 0 radical (unpaired) electrons. The second-order valence-electron chi connectivity index (χ2n) is 13.8. The van der Waals surface area contributed by atoms with Crippen molar-refractivity contribution in [2.45, 2.75) is 50.7 Å². The van der Waals surface area contributed by atoms with Crippen molar-refractivity contribution in [2.75, 3.05) is 48.5 Å². The minimum absolute atomic E-state index is 0.0793. The first-order chi connectivity index (χ1) is 24.0. The van der Waals surface area contributed by atoms with Crippen molar-refractivity contribution < 1.29 is 38.1 Å². The van der Waals surface area contributed by atoms with Gasteiger partial charge in [0.15, 0.2) is 34.8 Å². The lowest BCUT2D eigenvalue weighted by Gasteiger charge is -2.48. The van der Waals surface area contributed by atoms with Crippen LogP contribution in [0.1, 0.15) is 52.4 Å². The molecule has 0 saturated carbocycles. The lowest BCUT2D eigenvalue weighted by Crippen LogP contribution is -2.59. The van der Waals surface area contributed by atoms with E-state index in [0.29, 0.717) is 75.6 Å². The predicted octanol–water partition coefficient (Wildman–Crippen LogP) is 7.80. The summed E-state index contributed by atoms with van der Waals surface area (Å²) in [6, 6.07) is 19.3. The van der Waals surface area contributed by atoms with Crippen LogP contribution in [0, 0.1) is 0 Å². The molecular weight excluding hydrogens is 656 g/mol. The summed E-state index contributed by atoms with van der Waals surface area (Å²) >= 11 is 7.17. The molecule has 4 unspecified atom stereocenters. The Balaban J connectivity index is 1.48. The van der Waals surface area contributed by atoms with E-state index < -0.39 is 12.0 Å². The fourth-order valence-corrected chi connectivity index (χ4v) is 8.26. The zero-order valence-corrected chi connectivity index (χ0v) is 30.2. The zero-order valence-electron chi connectivity index (χ0n) is 29.4. The second kappa shape index (κ2) is 13.4. The van der Waals surface area contributed by atoms with Gasteiger partial charge in [0.1, 0.15) is 22.6 Å². The quantitative estimate of drug-likeness (QED) is 0.211. The lowest BCUT2D eigenvalue weighted by atomic mass is 9.85. The molecule has 9 nitrogen and oxygen atoms in total. The van der Waals surface area contributed by atoms with Gasteiger partial charge in [0.2, 0.25) is 0 Å². The summed E-state index contributed by atoms with van der Waals surface area (Å²) in [6.07, 6.45) is 2.76. The van der Waals surface area contributed by atoms with Crippen molar-refractivity contribution >= 4 is 17.6 Å². The number of ether oxygens (including phenoxy) is 5. The highest BCUT2D eigenvalue weighted by Crippen LogP contribution is 2.51. The van der Waals surface area contributed by atoms with Gasteiger partial charge in [0.25, 0.3) is 0 Å². The number of carboxylic acid groups (broad SMARTS) is 1. The number of carboxylic acids is 1. The number of fused-ring (bicyclic) bond motifs is 2. The van der Waals surface area contributed by atoms with Crippen LogP contribution in [0.5, 0.6) is 40.2 Å². The fourth-order valence-electron chi connectivity index (χ4n) is 7.98. The summed E-state index contributed by atoms with van der Waals surface area (Å²) in [5.41, 5.74) is 6.38. The van der Waals surface area contributed by atoms with Crippen molar-refractivity contribution in [2.24, 2.45) is 0 Å². The van der Waals surface area contributed by atoms with Crippen LogP contribution in [-0.4, -0.2) is 75.0 Å². The molecular formula is C40H44ClN2O7+. The Morgan fingerprint density at radius 1 is 0.880 bits per heavy atom. The number of benzene rings is 4. The molecule has 6 bridgehead atoms. The molecule has 1 N–H and O–H groups in total. The Morgan fingerprint density at radius 2 is 1.56 bits per heavy atom. The van der Waals surface area contributed by atoms with Crippen LogP contribution in [0.3, 0.4) is 0 Å². The molecule has 4 aliphatic heterocycles. The molecule has 4 aliphatic rings. The van der Waals surface area contributed by atoms with Crippen LogP contribution in [0.4, 0.5) is 0 Å². The lowest BCUT2D eigenvalue weighted by molar-refractivity contribution is -0.954. The van der Waals surface area contributed by atoms with Crippen LogP contribution in [0.15, 0.2) is 60.7 Å². The number of quaternary nitrogens is 1. The van der Waals surface area contributed by atoms with E-state index in [0.717, 1.165) is 46.3 Å². The molecule has 4 atom stereocenters. The Hall–Kier alpha value is -4.44. The standard InChI is InChI=1S/C40H43ClN2O7/c1-23(40(44)45)43(3)16-14-26-20-33(47-5)35-22-29(26)31(43)18-24-7-10-28(11-8-24)49-34-19-25(9-12-32(34)46-4)17-30-37-27(13-15-42(30)2)21-36(48-6)38(41)39(37)50-35/h7-12,19-23,30-31H,13-18H2,1-6H3/p+1. The van der Waals surface area contributed by atoms with E-state index in [9.17, 15) is 9.90 Å². The maximum Gasteiger partial charge on any atom is 0.362 e. The normalized spacial score (nSPS) is 21.8. The number of nitrogens with zero attached hydrogens (tertiary/aromatic N) is 2. The minimum Gasteiger partial charge on any atom is -0.495 e. The van der Waals surface area contributed by atoms with Gasteiger partial charge in [-0.3, -0.25) is 4.90 Å². The Labute approximate surface area is 298 Å². The van der Waals surface area contributed by atoms with Gasteiger partial charge < -0.3 is 33.3 Å². The van der Waals surface area contributed by atoms with Crippen LogP contribution in [-0.2, 0) is 30.5 Å². The number of aliphatic carboxylic acids is 1. The smallest absolute Gasteiger partial charge is 0.362 e. The van der Waals surface area contributed by atoms with Gasteiger partial charge in [-0.15, -0.1) is 0 Å². The topological polar surface area (TPSA) is 86.7 Å². The zero-order chi connectivity index (χ0) is 35.3. The molecule has 0 aliphatic carbocycles. The van der Waals surface area contributed by atoms with E-state index in [2.05, 4.69) is 37.2 Å². The highest BCUT2D eigenvalue weighted by molar-refractivity contribution is 6.33. The SMILES string of the molecule is COc1ccc2cc1Oc1ccc(cc1)CC1c3cc(c(OC)cc3CC[N+]1(C)C(C)C(=O)O)Oc1c(Cl)c(OC)cc3c1C(C2)N(C)CC3. The maximum atomic E-state index is 12.6. The highest BCUT2D eigenvalue weighted by Gasteiger charge is 2.46. The van der Waals surface area contributed by atoms with E-state index in [1.165, 1.54) is 0 Å². The minimum atomic E-state index is -0.828. The number of likely N-dealkylation sites (N-methyl/N-ethyl adjacent to an activating group) is 2. The highest BCUT2D eigenvalue weighted by atomic mass is 35.5. The van der Waals surface area contributed by atoms with Gasteiger partial charge in [-0.2, -0.15) is 0 Å². The molecule has 10 heteroatoms. The average Bonchev–Trinajstić information content (AvgIpc) is 3.11. The molecule has 0 saturated heterocycles. The molecule has 0 aromatic heterocycles. The van der Waals surface area contributed by atoms with Gasteiger partial charge >= 0.3 is 5.97 Å². The third-order valence-corrected chi connectivity index (χ3v) is 11.5. The van der Waals surface area contributed by atoms with Gasteiger partial charge in [-0.05, 0) is 91.5 Å². The molecule has 4 heterocycles. The van der Waals surface area contributed by atoms with Gasteiger partial charge in [-0.25, -0.2) is 4.79 Å². The summed E-state index contributed by atoms with van der Waals surface area (Å²) in [6.45, 7) is 3.31. The summed E-state index contributed by atoms with van der Waals surface area (Å²) < 4.78 is 31.2. The van der Waals surface area contributed by atoms with E-state index in [1.54, 1.807) is 28.3 Å². The summed E-state index contributed by atoms with van der Waals surface area (Å²) in [4.78, 5) is 14.9. The number of hydrogen-bond donors (Lipinski definition) is 1. The first kappa shape index (κ1) is 34.0. The summed E-state index contributed by atoms with van der Waals surface area (Å²) in [5, 5.41) is 10.7. The molecule has 0 amide bonds. The molecule has 0 fully saturated rings. The number of rotatable bonds is 5. The number of methoxy groups -OCH3 is 3. The van der Waals surface area contributed by atoms with Crippen LogP contribution in [0.2, 0.25) is 5.02 Å². The van der Waals surface area contributed by atoms with Crippen molar-refractivity contribution in [1.29, 1.82) is 0 Å². The second-order valence-corrected chi connectivity index (χ2v) is 14.2. The Bertz CT molecular complexity index is 1950. The number of carbonyl (C=O) groups is 1. The van der Waals surface area contributed by atoms with Crippen LogP contribution < -0.4 is 23.7 Å². The average molecular weight is 700 g/mol. The predicted molar refractivity (Wildman–Crippen MR) is 192 cm³/mol. The fraction of sp³-hybridized carbons (Fsp3) is 0.375. The van der Waals surface area contributed by atoms with Crippen LogP contribution >= 0.6 is 11.6 Å².